The van der Waals surface area contributed by atoms with Crippen molar-refractivity contribution in [1.82, 2.24) is 15.1 Å². The molecule has 2 N–H and O–H groups in total. The maximum absolute atomic E-state index is 12.0. The van der Waals surface area contributed by atoms with Crippen LogP contribution in [0.5, 0.6) is 0 Å². The molecule has 102 valence electrons. The van der Waals surface area contributed by atoms with E-state index in [9.17, 15) is 9.59 Å². The highest BCUT2D eigenvalue weighted by Crippen LogP contribution is 2.31. The van der Waals surface area contributed by atoms with Gasteiger partial charge in [-0.15, -0.1) is 0 Å². The Hall–Kier alpha value is -1.14. The molecule has 1 aliphatic carbocycles. The van der Waals surface area contributed by atoms with E-state index in [2.05, 4.69) is 10.2 Å². The van der Waals surface area contributed by atoms with E-state index in [0.29, 0.717) is 12.8 Å². The first-order valence-corrected chi connectivity index (χ1v) is 6.48. The molecule has 0 radical (unpaired) electrons. The number of hydrogen-bond donors (Lipinski definition) is 2. The number of rotatable bonds is 4. The van der Waals surface area contributed by atoms with Crippen molar-refractivity contribution in [2.24, 2.45) is 0 Å². The first-order valence-electron chi connectivity index (χ1n) is 6.48. The van der Waals surface area contributed by atoms with Crippen LogP contribution in [0.3, 0.4) is 0 Å². The van der Waals surface area contributed by atoms with Gasteiger partial charge in [0.15, 0.2) is 0 Å². The van der Waals surface area contributed by atoms with E-state index in [4.69, 9.17) is 5.11 Å². The first-order chi connectivity index (χ1) is 8.53. The van der Waals surface area contributed by atoms with Crippen molar-refractivity contribution < 1.29 is 14.7 Å². The summed E-state index contributed by atoms with van der Waals surface area (Å²) >= 11 is 0. The van der Waals surface area contributed by atoms with E-state index in [-0.39, 0.29) is 12.5 Å². The Morgan fingerprint density at radius 2 is 1.83 bits per heavy atom. The highest BCUT2D eigenvalue weighted by molar-refractivity contribution is 5.83. The molecule has 1 heterocycles. The van der Waals surface area contributed by atoms with E-state index in [1.807, 2.05) is 7.05 Å². The van der Waals surface area contributed by atoms with Crippen molar-refractivity contribution in [2.45, 2.75) is 24.8 Å². The average Bonchev–Trinajstić information content (AvgIpc) is 2.27. The van der Waals surface area contributed by atoms with E-state index < -0.39 is 11.5 Å². The molecule has 0 spiro atoms. The van der Waals surface area contributed by atoms with Crippen LogP contribution in [0.1, 0.15) is 19.3 Å². The molecule has 0 aromatic carbocycles. The van der Waals surface area contributed by atoms with E-state index >= 15 is 0 Å². The van der Waals surface area contributed by atoms with E-state index in [1.165, 1.54) is 0 Å². The van der Waals surface area contributed by atoms with Crippen LogP contribution in [-0.4, -0.2) is 72.1 Å². The third-order valence-electron chi connectivity index (χ3n) is 4.05. The van der Waals surface area contributed by atoms with Crippen molar-refractivity contribution >= 4 is 11.9 Å². The normalized spacial score (nSPS) is 23.5. The number of piperazine rings is 1. The zero-order valence-corrected chi connectivity index (χ0v) is 10.8. The number of carboxylic acid groups (broad SMARTS) is 1. The fourth-order valence-electron chi connectivity index (χ4n) is 2.41. The van der Waals surface area contributed by atoms with Crippen LogP contribution in [-0.2, 0) is 9.59 Å². The number of aliphatic carboxylic acids is 1. The molecule has 2 fully saturated rings. The predicted octanol–water partition coefficient (Wildman–Crippen LogP) is -0.643. The van der Waals surface area contributed by atoms with Crippen LogP contribution in [0.25, 0.3) is 0 Å². The fraction of sp³-hybridized carbons (Fsp3) is 0.833. The van der Waals surface area contributed by atoms with Crippen molar-refractivity contribution in [3.63, 3.8) is 0 Å². The Morgan fingerprint density at radius 1 is 1.22 bits per heavy atom. The lowest BCUT2D eigenvalue weighted by atomic mass is 9.77. The summed E-state index contributed by atoms with van der Waals surface area (Å²) in [6, 6.07) is 0. The van der Waals surface area contributed by atoms with Gasteiger partial charge in [0.2, 0.25) is 5.91 Å². The number of amides is 1. The topological polar surface area (TPSA) is 72.9 Å². The Kier molecular flexibility index (Phi) is 3.87. The Balaban J connectivity index is 1.79. The minimum absolute atomic E-state index is 0.00984. The van der Waals surface area contributed by atoms with Gasteiger partial charge in [0.05, 0.1) is 6.54 Å². The molecule has 1 aliphatic heterocycles. The van der Waals surface area contributed by atoms with Gasteiger partial charge in [0, 0.05) is 26.2 Å². The molecule has 1 amide bonds. The van der Waals surface area contributed by atoms with Crippen molar-refractivity contribution in [3.8, 4) is 0 Å². The molecular weight excluding hydrogens is 234 g/mol. The Morgan fingerprint density at radius 3 is 2.28 bits per heavy atom. The molecular formula is C12H21N3O3. The van der Waals surface area contributed by atoms with Crippen LogP contribution in [0, 0.1) is 0 Å². The van der Waals surface area contributed by atoms with Crippen LogP contribution >= 0.6 is 0 Å². The van der Waals surface area contributed by atoms with Crippen molar-refractivity contribution in [2.75, 3.05) is 39.8 Å². The third kappa shape index (κ3) is 2.64. The standard InChI is InChI=1S/C12H21N3O3/c1-14-5-7-15(8-6-14)10(16)9-13-12(11(17)18)3-2-4-12/h13H,2-9H2,1H3,(H,17,18). The lowest BCUT2D eigenvalue weighted by molar-refractivity contribution is -0.149. The van der Waals surface area contributed by atoms with Crippen LogP contribution in [0.2, 0.25) is 0 Å². The maximum Gasteiger partial charge on any atom is 0.323 e. The minimum Gasteiger partial charge on any atom is -0.480 e. The largest absolute Gasteiger partial charge is 0.480 e. The zero-order valence-electron chi connectivity index (χ0n) is 10.8. The SMILES string of the molecule is CN1CCN(C(=O)CNC2(C(=O)O)CCC2)CC1. The second-order valence-corrected chi connectivity index (χ2v) is 5.28. The minimum atomic E-state index is -0.845. The van der Waals surface area contributed by atoms with Gasteiger partial charge in [0.25, 0.3) is 0 Å². The molecule has 1 saturated heterocycles. The smallest absolute Gasteiger partial charge is 0.323 e. The van der Waals surface area contributed by atoms with Crippen LogP contribution in [0.4, 0.5) is 0 Å². The van der Waals surface area contributed by atoms with Crippen LogP contribution < -0.4 is 5.32 Å². The quantitative estimate of drug-likeness (QED) is 0.699. The van der Waals surface area contributed by atoms with Gasteiger partial charge < -0.3 is 14.9 Å². The van der Waals surface area contributed by atoms with Gasteiger partial charge in [-0.1, -0.05) is 0 Å². The van der Waals surface area contributed by atoms with Gasteiger partial charge in [-0.3, -0.25) is 14.9 Å². The van der Waals surface area contributed by atoms with Gasteiger partial charge in [0.1, 0.15) is 5.54 Å². The lowest BCUT2D eigenvalue weighted by Crippen LogP contribution is -2.60. The number of likely N-dealkylation sites (N-methyl/N-ethyl adjacent to an activating group) is 1. The second kappa shape index (κ2) is 5.24. The summed E-state index contributed by atoms with van der Waals surface area (Å²) in [5.74, 6) is -0.824. The summed E-state index contributed by atoms with van der Waals surface area (Å²) in [7, 11) is 2.04. The lowest BCUT2D eigenvalue weighted by Gasteiger charge is -2.39. The van der Waals surface area contributed by atoms with Crippen LogP contribution in [0.15, 0.2) is 0 Å². The molecule has 0 bridgehead atoms. The third-order valence-corrected chi connectivity index (χ3v) is 4.05. The molecule has 2 rings (SSSR count). The summed E-state index contributed by atoms with van der Waals surface area (Å²) in [6.07, 6.45) is 2.17. The van der Waals surface area contributed by atoms with E-state index in [1.54, 1.807) is 4.90 Å². The Bertz CT molecular complexity index is 333. The van der Waals surface area contributed by atoms with Gasteiger partial charge >= 0.3 is 5.97 Å². The first kappa shape index (κ1) is 13.3. The van der Waals surface area contributed by atoms with E-state index in [0.717, 1.165) is 32.6 Å². The molecule has 0 aromatic rings. The van der Waals surface area contributed by atoms with Gasteiger partial charge in [-0.25, -0.2) is 0 Å². The molecule has 6 nitrogen and oxygen atoms in total. The number of carboxylic acids is 1. The number of hydrogen-bond acceptors (Lipinski definition) is 4. The zero-order chi connectivity index (χ0) is 13.2. The molecule has 2 aliphatic rings. The molecule has 1 saturated carbocycles. The molecule has 18 heavy (non-hydrogen) atoms. The summed E-state index contributed by atoms with van der Waals surface area (Å²) in [4.78, 5) is 27.1. The number of nitrogens with one attached hydrogen (secondary N) is 1. The maximum atomic E-state index is 12.0. The summed E-state index contributed by atoms with van der Waals surface area (Å²) < 4.78 is 0. The number of carbonyl (C=O) groups excluding carboxylic acids is 1. The monoisotopic (exact) mass is 255 g/mol. The summed E-state index contributed by atoms with van der Waals surface area (Å²) in [6.45, 7) is 3.37. The molecule has 0 atom stereocenters. The molecule has 0 aromatic heterocycles. The molecule has 0 unspecified atom stereocenters. The molecule has 6 heteroatoms. The average molecular weight is 255 g/mol. The summed E-state index contributed by atoms with van der Waals surface area (Å²) in [5, 5.41) is 12.1. The number of carbonyl (C=O) groups is 2. The fourth-order valence-corrected chi connectivity index (χ4v) is 2.41. The second-order valence-electron chi connectivity index (χ2n) is 5.28. The van der Waals surface area contributed by atoms with Gasteiger partial charge in [-0.2, -0.15) is 0 Å². The number of nitrogens with zero attached hydrogens (tertiary/aromatic N) is 2. The van der Waals surface area contributed by atoms with Crippen molar-refractivity contribution in [3.05, 3.63) is 0 Å². The van der Waals surface area contributed by atoms with Gasteiger partial charge in [-0.05, 0) is 26.3 Å². The summed E-state index contributed by atoms with van der Waals surface area (Å²) in [5.41, 5.74) is -0.845. The van der Waals surface area contributed by atoms with Crippen molar-refractivity contribution in [1.29, 1.82) is 0 Å². The highest BCUT2D eigenvalue weighted by atomic mass is 16.4. The predicted molar refractivity (Wildman–Crippen MR) is 66.3 cm³/mol. The Labute approximate surface area is 107 Å². The highest BCUT2D eigenvalue weighted by Gasteiger charge is 2.44.